The fourth-order valence-corrected chi connectivity index (χ4v) is 1.26. The van der Waals surface area contributed by atoms with Crippen LogP contribution in [0.2, 0.25) is 0 Å². The fraction of sp³-hybridized carbons (Fsp3) is 0.769. The molecule has 2 atom stereocenters. The monoisotopic (exact) mass is 282 g/mol. The normalized spacial score (nSPS) is 24.9. The Balaban J connectivity index is 0.000000711. The van der Waals surface area contributed by atoms with Gasteiger partial charge in [-0.2, -0.15) is 8.78 Å². The number of hydrogen-bond acceptors (Lipinski definition) is 3. The first-order valence-corrected chi connectivity index (χ1v) is 6.34. The zero-order valence-electron chi connectivity index (χ0n) is 11.3. The minimum Gasteiger partial charge on any atom is -0.462 e. The smallest absolute Gasteiger partial charge is 0.364 e. The van der Waals surface area contributed by atoms with Gasteiger partial charge in [0.15, 0.2) is 0 Å². The Bertz CT molecular complexity index is 280. The van der Waals surface area contributed by atoms with Crippen molar-refractivity contribution in [2.75, 3.05) is 13.2 Å². The summed E-state index contributed by atoms with van der Waals surface area (Å²) in [4.78, 5) is 10.6. The van der Waals surface area contributed by atoms with Crippen LogP contribution < -0.4 is 0 Å². The molecule has 112 valence electrons. The Kier molecular flexibility index (Phi) is 8.47. The second kappa shape index (κ2) is 8.96. The molecular weight excluding hydrogens is 261 g/mol. The minimum atomic E-state index is -3.58. The van der Waals surface area contributed by atoms with Crippen LogP contribution in [0.5, 0.6) is 0 Å². The highest BCUT2D eigenvalue weighted by atomic mass is 19.3. The topological polar surface area (TPSA) is 35.5 Å². The lowest BCUT2D eigenvalue weighted by Crippen LogP contribution is -2.45. The van der Waals surface area contributed by atoms with E-state index in [9.17, 15) is 18.0 Å². The summed E-state index contributed by atoms with van der Waals surface area (Å²) in [5.41, 5.74) is 0. The van der Waals surface area contributed by atoms with E-state index in [1.54, 1.807) is 0 Å². The second-order valence-electron chi connectivity index (χ2n) is 4.16. The van der Waals surface area contributed by atoms with Crippen LogP contribution in [0.4, 0.5) is 13.2 Å². The number of carbonyl (C=O) groups excluding carboxylic acids is 1. The average molecular weight is 282 g/mol. The molecule has 1 heterocycles. The predicted molar refractivity (Wildman–Crippen MR) is 65.6 cm³/mol. The molecule has 3 nitrogen and oxygen atoms in total. The van der Waals surface area contributed by atoms with Crippen molar-refractivity contribution in [3.8, 4) is 0 Å². The molecule has 1 rings (SSSR count). The number of halogens is 3. The highest BCUT2D eigenvalue weighted by Crippen LogP contribution is 2.36. The molecule has 1 saturated heterocycles. The summed E-state index contributed by atoms with van der Waals surface area (Å²) in [7, 11) is 0. The molecule has 0 saturated carbocycles. The maximum Gasteiger partial charge on any atom is 0.364 e. The first-order chi connectivity index (χ1) is 8.88. The molecule has 1 aliphatic rings. The van der Waals surface area contributed by atoms with E-state index in [1.807, 2.05) is 0 Å². The third kappa shape index (κ3) is 6.61. The van der Waals surface area contributed by atoms with Crippen LogP contribution in [0.1, 0.15) is 33.1 Å². The van der Waals surface area contributed by atoms with Gasteiger partial charge in [0.05, 0.1) is 6.61 Å². The number of ether oxygens (including phenoxy) is 2. The Hall–Kier alpha value is -1.04. The number of alkyl halides is 3. The minimum absolute atomic E-state index is 0.119. The summed E-state index contributed by atoms with van der Waals surface area (Å²) in [6.45, 7) is 6.41. The number of unbranched alkanes of at least 4 members (excludes halogenated alkanes) is 1. The summed E-state index contributed by atoms with van der Waals surface area (Å²) in [5.74, 6) is -2.60. The third-order valence-electron chi connectivity index (χ3n) is 2.63. The SMILES string of the molecule is C=CC(=O)OCC1C(F)CCOC1(F)F.CCCC. The third-order valence-corrected chi connectivity index (χ3v) is 2.63. The summed E-state index contributed by atoms with van der Waals surface area (Å²) < 4.78 is 47.6. The van der Waals surface area contributed by atoms with E-state index < -0.39 is 30.8 Å². The van der Waals surface area contributed by atoms with Crippen LogP contribution in [-0.4, -0.2) is 31.5 Å². The molecule has 0 amide bonds. The molecule has 0 aromatic carbocycles. The van der Waals surface area contributed by atoms with Gasteiger partial charge in [0.1, 0.15) is 18.7 Å². The summed E-state index contributed by atoms with van der Waals surface area (Å²) in [6.07, 6.45) is -1.97. The lowest BCUT2D eigenvalue weighted by atomic mass is 9.99. The summed E-state index contributed by atoms with van der Waals surface area (Å²) in [5, 5.41) is 0. The Morgan fingerprint density at radius 2 is 2.05 bits per heavy atom. The standard InChI is InChI=1S/C9H11F3O3.C4H10/c1-2-8(13)14-5-6-7(10)3-4-15-9(6,11)12;1-3-4-2/h2,6-7H,1,3-5H2;3-4H2,1-2H3. The van der Waals surface area contributed by atoms with Crippen molar-refractivity contribution in [1.82, 2.24) is 0 Å². The zero-order chi connectivity index (χ0) is 14.9. The lowest BCUT2D eigenvalue weighted by molar-refractivity contribution is -0.308. The van der Waals surface area contributed by atoms with Crippen LogP contribution in [0, 0.1) is 5.92 Å². The van der Waals surface area contributed by atoms with E-state index in [4.69, 9.17) is 0 Å². The van der Waals surface area contributed by atoms with Crippen molar-refractivity contribution in [2.24, 2.45) is 5.92 Å². The molecule has 0 aromatic rings. The van der Waals surface area contributed by atoms with Crippen LogP contribution in [0.25, 0.3) is 0 Å². The molecule has 0 spiro atoms. The number of carbonyl (C=O) groups is 1. The molecule has 6 heteroatoms. The molecule has 0 bridgehead atoms. The molecule has 0 aromatic heterocycles. The largest absolute Gasteiger partial charge is 0.462 e. The van der Waals surface area contributed by atoms with Crippen LogP contribution in [-0.2, 0) is 14.3 Å². The van der Waals surface area contributed by atoms with Gasteiger partial charge in [-0.15, -0.1) is 0 Å². The predicted octanol–water partition coefficient (Wildman–Crippen LogP) is 3.49. The van der Waals surface area contributed by atoms with Crippen LogP contribution >= 0.6 is 0 Å². The molecule has 0 N–H and O–H groups in total. The lowest BCUT2D eigenvalue weighted by Gasteiger charge is -2.32. The van der Waals surface area contributed by atoms with Gasteiger partial charge in [0, 0.05) is 12.5 Å². The average Bonchev–Trinajstić information content (AvgIpc) is 2.37. The van der Waals surface area contributed by atoms with Crippen molar-refractivity contribution >= 4 is 5.97 Å². The van der Waals surface area contributed by atoms with Crippen LogP contribution in [0.3, 0.4) is 0 Å². The number of hydrogen-bond donors (Lipinski definition) is 0. The molecule has 1 fully saturated rings. The van der Waals surface area contributed by atoms with Gasteiger partial charge in [-0.05, 0) is 0 Å². The van der Waals surface area contributed by atoms with E-state index in [2.05, 4.69) is 29.9 Å². The van der Waals surface area contributed by atoms with Crippen molar-refractivity contribution in [3.05, 3.63) is 12.7 Å². The quantitative estimate of drug-likeness (QED) is 0.585. The molecular formula is C13H21F3O3. The first-order valence-electron chi connectivity index (χ1n) is 6.34. The molecule has 2 unspecified atom stereocenters. The number of rotatable bonds is 4. The molecule has 1 aliphatic heterocycles. The van der Waals surface area contributed by atoms with E-state index in [0.717, 1.165) is 6.08 Å². The van der Waals surface area contributed by atoms with Crippen molar-refractivity contribution < 1.29 is 27.4 Å². The molecule has 0 radical (unpaired) electrons. The number of esters is 1. The maximum atomic E-state index is 13.1. The van der Waals surface area contributed by atoms with Gasteiger partial charge in [-0.25, -0.2) is 9.18 Å². The van der Waals surface area contributed by atoms with Gasteiger partial charge >= 0.3 is 12.1 Å². The van der Waals surface area contributed by atoms with E-state index in [1.165, 1.54) is 12.8 Å². The van der Waals surface area contributed by atoms with Crippen molar-refractivity contribution in [1.29, 1.82) is 0 Å². The highest BCUT2D eigenvalue weighted by molar-refractivity contribution is 5.81. The second-order valence-corrected chi connectivity index (χ2v) is 4.16. The molecule has 0 aliphatic carbocycles. The van der Waals surface area contributed by atoms with Gasteiger partial charge in [-0.3, -0.25) is 0 Å². The summed E-state index contributed by atoms with van der Waals surface area (Å²) in [6, 6.07) is 0. The van der Waals surface area contributed by atoms with Gasteiger partial charge < -0.3 is 9.47 Å². The Morgan fingerprint density at radius 1 is 1.47 bits per heavy atom. The Labute approximate surface area is 111 Å². The van der Waals surface area contributed by atoms with E-state index >= 15 is 0 Å². The van der Waals surface area contributed by atoms with E-state index in [-0.39, 0.29) is 13.0 Å². The highest BCUT2D eigenvalue weighted by Gasteiger charge is 2.49. The molecule has 19 heavy (non-hydrogen) atoms. The van der Waals surface area contributed by atoms with Gasteiger partial charge in [0.25, 0.3) is 0 Å². The van der Waals surface area contributed by atoms with Crippen molar-refractivity contribution in [3.63, 3.8) is 0 Å². The van der Waals surface area contributed by atoms with Crippen LogP contribution in [0.15, 0.2) is 12.7 Å². The zero-order valence-corrected chi connectivity index (χ0v) is 11.3. The Morgan fingerprint density at radius 3 is 2.47 bits per heavy atom. The maximum absolute atomic E-state index is 13.1. The van der Waals surface area contributed by atoms with Gasteiger partial charge in [0.2, 0.25) is 0 Å². The fourth-order valence-electron chi connectivity index (χ4n) is 1.26. The summed E-state index contributed by atoms with van der Waals surface area (Å²) >= 11 is 0. The first kappa shape index (κ1) is 18.0. The van der Waals surface area contributed by atoms with E-state index in [0.29, 0.717) is 0 Å². The van der Waals surface area contributed by atoms with Gasteiger partial charge in [-0.1, -0.05) is 33.3 Å². The van der Waals surface area contributed by atoms with Crippen molar-refractivity contribution in [2.45, 2.75) is 45.4 Å².